The number of benzene rings is 2. The van der Waals surface area contributed by atoms with Gasteiger partial charge >= 0.3 is 5.97 Å². The highest BCUT2D eigenvalue weighted by atomic mass is 35.5. The fourth-order valence-electron chi connectivity index (χ4n) is 3.86. The molecule has 4 rings (SSSR count). The Labute approximate surface area is 173 Å². The summed E-state index contributed by atoms with van der Waals surface area (Å²) < 4.78 is 8.89. The molecule has 4 aromatic rings. The van der Waals surface area contributed by atoms with Crippen molar-refractivity contribution < 1.29 is 14.3 Å². The Balaban J connectivity index is 1.73. The zero-order chi connectivity index (χ0) is 20.5. The first-order valence-corrected chi connectivity index (χ1v) is 9.91. The summed E-state index contributed by atoms with van der Waals surface area (Å²) in [6.07, 6.45) is 2.86. The number of hydrogen-bond donors (Lipinski definition) is 0. The maximum atomic E-state index is 12.7. The molecule has 0 saturated carbocycles. The third-order valence-corrected chi connectivity index (χ3v) is 5.57. The first-order valence-electron chi connectivity index (χ1n) is 9.54. The molecule has 0 aliphatic rings. The van der Waals surface area contributed by atoms with Gasteiger partial charge in [-0.2, -0.15) is 0 Å². The van der Waals surface area contributed by atoms with Crippen LogP contribution in [0.1, 0.15) is 22.8 Å². The number of esters is 1. The molecule has 2 aromatic heterocycles. The van der Waals surface area contributed by atoms with Crippen LogP contribution in [0.5, 0.6) is 0 Å². The van der Waals surface area contributed by atoms with Crippen LogP contribution >= 0.6 is 11.6 Å². The Morgan fingerprint density at radius 3 is 2.38 bits per heavy atom. The zero-order valence-corrected chi connectivity index (χ0v) is 17.1. The molecule has 0 saturated heterocycles. The van der Waals surface area contributed by atoms with E-state index in [4.69, 9.17) is 16.3 Å². The fraction of sp³-hybridized carbons (Fsp3) is 0.217. The second kappa shape index (κ2) is 7.76. The van der Waals surface area contributed by atoms with Crippen molar-refractivity contribution in [1.29, 1.82) is 0 Å². The lowest BCUT2D eigenvalue weighted by Crippen LogP contribution is -2.17. The second-order valence-corrected chi connectivity index (χ2v) is 7.27. The zero-order valence-electron chi connectivity index (χ0n) is 16.3. The molecule has 0 amide bonds. The summed E-state index contributed by atoms with van der Waals surface area (Å²) in [7, 11) is 2.03. The molecule has 148 valence electrons. The predicted octanol–water partition coefficient (Wildman–Crippen LogP) is 4.77. The number of fused-ring (bicyclic) bond motifs is 2. The number of ketones is 1. The fourth-order valence-corrected chi connectivity index (χ4v) is 4.23. The average molecular weight is 409 g/mol. The van der Waals surface area contributed by atoms with Crippen molar-refractivity contribution in [3.05, 3.63) is 71.0 Å². The van der Waals surface area contributed by atoms with E-state index in [2.05, 4.69) is 22.9 Å². The first kappa shape index (κ1) is 19.3. The number of ether oxygens (including phenoxy) is 1. The Kier molecular flexibility index (Phi) is 5.16. The lowest BCUT2D eigenvalue weighted by molar-refractivity contribution is -0.137. The van der Waals surface area contributed by atoms with Crippen LogP contribution in [-0.4, -0.2) is 27.5 Å². The Bertz CT molecular complexity index is 1240. The van der Waals surface area contributed by atoms with Gasteiger partial charge in [0.15, 0.2) is 0 Å². The van der Waals surface area contributed by atoms with Crippen molar-refractivity contribution in [3.63, 3.8) is 0 Å². The number of halogens is 1. The van der Waals surface area contributed by atoms with Gasteiger partial charge in [0.25, 0.3) is 5.78 Å². The van der Waals surface area contributed by atoms with Gasteiger partial charge in [-0.15, -0.1) is 0 Å². The molecule has 0 aliphatic carbocycles. The summed E-state index contributed by atoms with van der Waals surface area (Å²) in [5.41, 5.74) is 3.41. The molecular formula is C23H21ClN2O3. The van der Waals surface area contributed by atoms with Crippen molar-refractivity contribution in [2.24, 2.45) is 7.05 Å². The minimum Gasteiger partial charge on any atom is -0.460 e. The molecule has 0 fully saturated rings. The Morgan fingerprint density at radius 1 is 1.00 bits per heavy atom. The average Bonchev–Trinajstić information content (AvgIpc) is 3.20. The SMILES string of the molecule is CCOC(=O)C(=O)c1c(Cl)n(CCc2cn(C)c3ccccc23)c2ccccc12. The normalized spacial score (nSPS) is 11.3. The quantitative estimate of drug-likeness (QED) is 0.262. The summed E-state index contributed by atoms with van der Waals surface area (Å²) in [6.45, 7) is 2.39. The summed E-state index contributed by atoms with van der Waals surface area (Å²) >= 11 is 6.61. The number of hydrogen-bond acceptors (Lipinski definition) is 3. The summed E-state index contributed by atoms with van der Waals surface area (Å²) in [5.74, 6) is -1.59. The smallest absolute Gasteiger partial charge is 0.379 e. The van der Waals surface area contributed by atoms with E-state index in [-0.39, 0.29) is 17.3 Å². The van der Waals surface area contributed by atoms with Crippen LogP contribution in [0, 0.1) is 0 Å². The monoisotopic (exact) mass is 408 g/mol. The third kappa shape index (κ3) is 3.32. The molecular weight excluding hydrogens is 388 g/mol. The molecule has 0 atom stereocenters. The molecule has 6 heteroatoms. The molecule has 2 aromatic carbocycles. The van der Waals surface area contributed by atoms with E-state index in [1.54, 1.807) is 6.92 Å². The number of nitrogens with zero attached hydrogens (tertiary/aromatic N) is 2. The van der Waals surface area contributed by atoms with E-state index in [0.29, 0.717) is 11.9 Å². The maximum Gasteiger partial charge on any atom is 0.379 e. The minimum atomic E-state index is -0.883. The topological polar surface area (TPSA) is 53.2 Å². The number of para-hydroxylation sites is 2. The molecule has 0 radical (unpaired) electrons. The highest BCUT2D eigenvalue weighted by molar-refractivity contribution is 6.48. The van der Waals surface area contributed by atoms with Crippen molar-refractivity contribution in [2.45, 2.75) is 19.9 Å². The third-order valence-electron chi connectivity index (χ3n) is 5.18. The standard InChI is InChI=1S/C23H21ClN2O3/c1-3-29-23(28)21(27)20-17-9-5-7-11-19(17)26(22(20)24)13-12-15-14-25(2)18-10-6-4-8-16(15)18/h4-11,14H,3,12-13H2,1-2H3. The molecule has 0 aliphatic heterocycles. The second-order valence-electron chi connectivity index (χ2n) is 6.92. The van der Waals surface area contributed by atoms with Crippen LogP contribution in [-0.2, 0) is 29.5 Å². The number of carbonyl (C=O) groups is 2. The van der Waals surface area contributed by atoms with Crippen LogP contribution in [0.25, 0.3) is 21.8 Å². The number of Topliss-reactive ketones (excluding diaryl/α,β-unsaturated/α-hetero) is 1. The summed E-state index contributed by atoms with van der Waals surface area (Å²) in [6, 6.07) is 15.7. The van der Waals surface area contributed by atoms with Crippen molar-refractivity contribution in [2.75, 3.05) is 6.61 Å². The van der Waals surface area contributed by atoms with E-state index >= 15 is 0 Å². The van der Waals surface area contributed by atoms with Gasteiger partial charge in [0.05, 0.1) is 12.2 Å². The van der Waals surface area contributed by atoms with Gasteiger partial charge < -0.3 is 13.9 Å². The van der Waals surface area contributed by atoms with Crippen LogP contribution < -0.4 is 0 Å². The largest absolute Gasteiger partial charge is 0.460 e. The molecule has 0 spiro atoms. The molecule has 2 heterocycles. The van der Waals surface area contributed by atoms with Gasteiger partial charge in [0.2, 0.25) is 0 Å². The molecule has 29 heavy (non-hydrogen) atoms. The minimum absolute atomic E-state index is 0.141. The van der Waals surface area contributed by atoms with Gasteiger partial charge in [-0.1, -0.05) is 48.0 Å². The number of rotatable bonds is 6. The number of aryl methyl sites for hydroxylation is 3. The van der Waals surface area contributed by atoms with Gasteiger partial charge in [0, 0.05) is 41.6 Å². The highest BCUT2D eigenvalue weighted by Gasteiger charge is 2.27. The highest BCUT2D eigenvalue weighted by Crippen LogP contribution is 2.31. The van der Waals surface area contributed by atoms with Crippen molar-refractivity contribution in [1.82, 2.24) is 9.13 Å². The molecule has 0 bridgehead atoms. The Morgan fingerprint density at radius 2 is 1.66 bits per heavy atom. The van der Waals surface area contributed by atoms with E-state index in [0.717, 1.165) is 11.9 Å². The van der Waals surface area contributed by atoms with E-state index in [1.807, 2.05) is 48.0 Å². The van der Waals surface area contributed by atoms with Crippen molar-refractivity contribution >= 4 is 45.2 Å². The van der Waals surface area contributed by atoms with Crippen LogP contribution in [0.2, 0.25) is 5.15 Å². The van der Waals surface area contributed by atoms with Crippen LogP contribution in [0.4, 0.5) is 0 Å². The van der Waals surface area contributed by atoms with Gasteiger partial charge in [-0.05, 0) is 31.0 Å². The van der Waals surface area contributed by atoms with Crippen molar-refractivity contribution in [3.8, 4) is 0 Å². The lowest BCUT2D eigenvalue weighted by atomic mass is 10.1. The van der Waals surface area contributed by atoms with Crippen LogP contribution in [0.15, 0.2) is 54.7 Å². The van der Waals surface area contributed by atoms with Crippen LogP contribution in [0.3, 0.4) is 0 Å². The molecule has 0 unspecified atom stereocenters. The Hall–Kier alpha value is -3.05. The first-order chi connectivity index (χ1) is 14.0. The number of aromatic nitrogens is 2. The molecule has 5 nitrogen and oxygen atoms in total. The maximum absolute atomic E-state index is 12.7. The van der Waals surface area contributed by atoms with Gasteiger partial charge in [0.1, 0.15) is 5.15 Å². The lowest BCUT2D eigenvalue weighted by Gasteiger charge is -2.07. The van der Waals surface area contributed by atoms with Gasteiger partial charge in [-0.25, -0.2) is 4.79 Å². The van der Waals surface area contributed by atoms with E-state index in [1.165, 1.54) is 16.5 Å². The molecule has 0 N–H and O–H groups in total. The number of carbonyl (C=O) groups excluding carboxylic acids is 2. The summed E-state index contributed by atoms with van der Waals surface area (Å²) in [5, 5.41) is 2.13. The van der Waals surface area contributed by atoms with Gasteiger partial charge in [-0.3, -0.25) is 4.79 Å². The van der Waals surface area contributed by atoms with E-state index in [9.17, 15) is 9.59 Å². The summed E-state index contributed by atoms with van der Waals surface area (Å²) in [4.78, 5) is 24.7. The predicted molar refractivity (Wildman–Crippen MR) is 115 cm³/mol. The van der Waals surface area contributed by atoms with E-state index < -0.39 is 11.8 Å².